The van der Waals surface area contributed by atoms with Crippen molar-refractivity contribution in [2.75, 3.05) is 6.26 Å². The van der Waals surface area contributed by atoms with E-state index < -0.39 is 27.7 Å². The molecule has 5 rings (SSSR count). The Morgan fingerprint density at radius 2 is 1.72 bits per heavy atom. The predicted octanol–water partition coefficient (Wildman–Crippen LogP) is 2.64. The van der Waals surface area contributed by atoms with E-state index in [1.807, 2.05) is 0 Å². The lowest BCUT2D eigenvalue weighted by Gasteiger charge is -2.09. The van der Waals surface area contributed by atoms with Gasteiger partial charge in [0.25, 0.3) is 5.56 Å². The topological polar surface area (TPSA) is 99.1 Å². The Hall–Kier alpha value is -3.31. The molecule has 8 nitrogen and oxygen atoms in total. The first-order valence-corrected chi connectivity index (χ1v) is 11.7. The van der Waals surface area contributed by atoms with Gasteiger partial charge in [0.15, 0.2) is 5.58 Å². The van der Waals surface area contributed by atoms with Crippen LogP contribution in [0.25, 0.3) is 33.4 Å². The second kappa shape index (κ2) is 7.10. The molecule has 2 aromatic heterocycles. The predicted molar refractivity (Wildman–Crippen MR) is 114 cm³/mol. The maximum atomic E-state index is 14.6. The molecule has 3 heterocycles. The van der Waals surface area contributed by atoms with Crippen LogP contribution in [0.1, 0.15) is 5.69 Å². The van der Waals surface area contributed by atoms with E-state index in [9.17, 15) is 22.0 Å². The van der Waals surface area contributed by atoms with E-state index in [-0.39, 0.29) is 46.6 Å². The number of halogens is 2. The zero-order valence-electron chi connectivity index (χ0n) is 17.1. The fourth-order valence-corrected chi connectivity index (χ4v) is 5.13. The number of nitrogens with zero attached hydrogens (tertiary/aromatic N) is 3. The standard InChI is InChI=1S/C21H18F2N4O4S/c1-11-17(21(28)27-10-12(9-26(11)27)25-32(2,29)30)20-19-13(5-3-8-16(19)31-24-20)18-14(22)6-4-7-15(18)23/h3-8,12,25H,9-10H2,1-2H3. The van der Waals surface area contributed by atoms with Gasteiger partial charge in [0, 0.05) is 11.3 Å². The molecule has 0 fully saturated rings. The van der Waals surface area contributed by atoms with Crippen LogP contribution in [-0.2, 0) is 23.1 Å². The number of sulfonamides is 1. The summed E-state index contributed by atoms with van der Waals surface area (Å²) in [6.07, 6.45) is 1.06. The van der Waals surface area contributed by atoms with Gasteiger partial charge < -0.3 is 4.52 Å². The van der Waals surface area contributed by atoms with Crippen LogP contribution < -0.4 is 10.3 Å². The average molecular weight is 460 g/mol. The summed E-state index contributed by atoms with van der Waals surface area (Å²) in [6.45, 7) is 2.12. The summed E-state index contributed by atoms with van der Waals surface area (Å²) in [5, 5.41) is 4.39. The van der Waals surface area contributed by atoms with E-state index in [0.29, 0.717) is 11.1 Å². The van der Waals surface area contributed by atoms with Gasteiger partial charge in [-0.05, 0) is 25.1 Å². The summed E-state index contributed by atoms with van der Waals surface area (Å²) in [6, 6.07) is 7.89. The van der Waals surface area contributed by atoms with Crippen molar-refractivity contribution in [2.45, 2.75) is 26.1 Å². The second-order valence-corrected chi connectivity index (χ2v) is 9.60. The number of hydrogen-bond donors (Lipinski definition) is 1. The number of nitrogens with one attached hydrogen (secondary N) is 1. The van der Waals surface area contributed by atoms with Gasteiger partial charge in [-0.2, -0.15) is 0 Å². The fourth-order valence-electron chi connectivity index (χ4n) is 4.37. The second-order valence-electron chi connectivity index (χ2n) is 7.82. The molecule has 4 aromatic rings. The maximum absolute atomic E-state index is 14.6. The summed E-state index contributed by atoms with van der Waals surface area (Å²) in [7, 11) is -3.43. The third kappa shape index (κ3) is 3.16. The van der Waals surface area contributed by atoms with Gasteiger partial charge in [0.1, 0.15) is 17.3 Å². The molecule has 32 heavy (non-hydrogen) atoms. The Labute approximate surface area is 181 Å². The van der Waals surface area contributed by atoms with Crippen molar-refractivity contribution in [1.29, 1.82) is 0 Å². The SMILES string of the molecule is Cc1c(-c2noc3cccc(-c4c(F)cccc4F)c23)c(=O)n2n1CC(NS(C)(=O)=O)C2. The molecule has 0 saturated carbocycles. The van der Waals surface area contributed by atoms with E-state index >= 15 is 0 Å². The van der Waals surface area contributed by atoms with Crippen molar-refractivity contribution >= 4 is 21.0 Å². The molecule has 0 spiro atoms. The molecule has 1 N–H and O–H groups in total. The van der Waals surface area contributed by atoms with E-state index in [2.05, 4.69) is 9.88 Å². The van der Waals surface area contributed by atoms with Crippen molar-refractivity contribution in [1.82, 2.24) is 19.2 Å². The summed E-state index contributed by atoms with van der Waals surface area (Å²) < 4.78 is 63.3. The van der Waals surface area contributed by atoms with Crippen molar-refractivity contribution in [2.24, 2.45) is 0 Å². The Balaban J connectivity index is 1.69. The fraction of sp³-hybridized carbons (Fsp3) is 0.238. The van der Waals surface area contributed by atoms with Gasteiger partial charge in [-0.25, -0.2) is 26.6 Å². The van der Waals surface area contributed by atoms with Crippen LogP contribution in [0.3, 0.4) is 0 Å². The maximum Gasteiger partial charge on any atom is 0.276 e. The highest BCUT2D eigenvalue weighted by molar-refractivity contribution is 7.88. The smallest absolute Gasteiger partial charge is 0.276 e. The number of benzene rings is 2. The summed E-state index contributed by atoms with van der Waals surface area (Å²) >= 11 is 0. The van der Waals surface area contributed by atoms with Gasteiger partial charge in [0.2, 0.25) is 10.0 Å². The third-order valence-corrected chi connectivity index (χ3v) is 6.38. The van der Waals surface area contributed by atoms with E-state index in [0.717, 1.165) is 18.4 Å². The Bertz CT molecular complexity index is 1530. The Kier molecular flexibility index (Phi) is 4.57. The monoisotopic (exact) mass is 460 g/mol. The summed E-state index contributed by atoms with van der Waals surface area (Å²) in [5.41, 5.74) is 0.859. The highest BCUT2D eigenvalue weighted by atomic mass is 32.2. The van der Waals surface area contributed by atoms with Crippen LogP contribution in [0.5, 0.6) is 0 Å². The van der Waals surface area contributed by atoms with Crippen molar-refractivity contribution < 1.29 is 21.7 Å². The highest BCUT2D eigenvalue weighted by Crippen LogP contribution is 2.38. The zero-order valence-corrected chi connectivity index (χ0v) is 17.9. The quantitative estimate of drug-likeness (QED) is 0.505. The van der Waals surface area contributed by atoms with Crippen LogP contribution in [0.4, 0.5) is 8.78 Å². The number of rotatable bonds is 4. The molecule has 1 unspecified atom stereocenters. The van der Waals surface area contributed by atoms with E-state index in [1.165, 1.54) is 10.7 Å². The van der Waals surface area contributed by atoms with Crippen LogP contribution in [0.2, 0.25) is 0 Å². The molecule has 0 saturated heterocycles. The highest BCUT2D eigenvalue weighted by Gasteiger charge is 2.32. The van der Waals surface area contributed by atoms with Crippen molar-refractivity contribution in [3.8, 4) is 22.4 Å². The Morgan fingerprint density at radius 1 is 1.06 bits per heavy atom. The third-order valence-electron chi connectivity index (χ3n) is 5.62. The number of hydrogen-bond acceptors (Lipinski definition) is 5. The first-order valence-electron chi connectivity index (χ1n) is 9.76. The molecule has 166 valence electrons. The molecule has 0 bridgehead atoms. The first-order chi connectivity index (χ1) is 15.2. The van der Waals surface area contributed by atoms with Gasteiger partial charge in [0.05, 0.1) is 41.9 Å². The van der Waals surface area contributed by atoms with Crippen molar-refractivity contribution in [3.05, 3.63) is 64.1 Å². The van der Waals surface area contributed by atoms with Gasteiger partial charge in [-0.3, -0.25) is 9.48 Å². The molecule has 0 amide bonds. The van der Waals surface area contributed by atoms with Crippen LogP contribution in [0.15, 0.2) is 45.7 Å². The lowest BCUT2D eigenvalue weighted by atomic mass is 9.97. The molecule has 2 aromatic carbocycles. The van der Waals surface area contributed by atoms with Crippen molar-refractivity contribution in [3.63, 3.8) is 0 Å². The van der Waals surface area contributed by atoms with Gasteiger partial charge >= 0.3 is 0 Å². The molecular formula is C21H18F2N4O4S. The van der Waals surface area contributed by atoms with Gasteiger partial charge in [-0.15, -0.1) is 0 Å². The van der Waals surface area contributed by atoms with Crippen LogP contribution >= 0.6 is 0 Å². The minimum atomic E-state index is -3.43. The van der Waals surface area contributed by atoms with Crippen LogP contribution in [0, 0.1) is 18.6 Å². The average Bonchev–Trinajstić information content (AvgIpc) is 3.36. The minimum Gasteiger partial charge on any atom is -0.356 e. The summed E-state index contributed by atoms with van der Waals surface area (Å²) in [5.74, 6) is -1.49. The first kappa shape index (κ1) is 20.6. The minimum absolute atomic E-state index is 0.150. The van der Waals surface area contributed by atoms with Gasteiger partial charge in [-0.1, -0.05) is 23.4 Å². The zero-order chi connectivity index (χ0) is 22.8. The van der Waals surface area contributed by atoms with E-state index in [4.69, 9.17) is 4.52 Å². The Morgan fingerprint density at radius 3 is 2.38 bits per heavy atom. The molecule has 1 atom stereocenters. The summed E-state index contributed by atoms with van der Waals surface area (Å²) in [4.78, 5) is 13.3. The number of aromatic nitrogens is 3. The molecule has 0 aliphatic carbocycles. The molecule has 0 radical (unpaired) electrons. The molecule has 11 heteroatoms. The number of fused-ring (bicyclic) bond motifs is 2. The van der Waals surface area contributed by atoms with E-state index in [1.54, 1.807) is 29.8 Å². The lowest BCUT2D eigenvalue weighted by Crippen LogP contribution is -2.36. The normalized spacial score (nSPS) is 16.1. The lowest BCUT2D eigenvalue weighted by molar-refractivity contribution is 0.459. The molecule has 1 aliphatic heterocycles. The van der Waals surface area contributed by atoms with Crippen LogP contribution in [-0.4, -0.2) is 35.2 Å². The molecular weight excluding hydrogens is 442 g/mol. The molecule has 1 aliphatic rings. The largest absolute Gasteiger partial charge is 0.356 e.